The van der Waals surface area contributed by atoms with E-state index in [1.165, 1.54) is 0 Å². The first-order valence-corrected chi connectivity index (χ1v) is 3.09. The van der Waals surface area contributed by atoms with Gasteiger partial charge in [-0.15, -0.1) is 0 Å². The first kappa shape index (κ1) is 6.87. The molecule has 0 aromatic heterocycles. The van der Waals surface area contributed by atoms with Gasteiger partial charge >= 0.3 is 0 Å². The number of hydrogen-bond acceptors (Lipinski definition) is 3. The van der Waals surface area contributed by atoms with Crippen LogP contribution >= 0.6 is 0 Å². The zero-order valence-corrected chi connectivity index (χ0v) is 4.51. The second kappa shape index (κ2) is 1.77. The van der Waals surface area contributed by atoms with Gasteiger partial charge in [-0.25, -0.2) is 0 Å². The third-order valence-electron chi connectivity index (χ3n) is 0.431. The molecule has 0 unspecified atom stereocenters. The third kappa shape index (κ3) is 2.55. The molecule has 0 amide bonds. The van der Waals surface area contributed by atoms with Gasteiger partial charge in [-0.3, -0.25) is 4.55 Å². The molecule has 44 valence electrons. The SMILES string of the molecule is C[C@@H](O)S(=O)(=O)O. The molecule has 5 heteroatoms. The lowest BCUT2D eigenvalue weighted by molar-refractivity contribution is 0.252. The summed E-state index contributed by atoms with van der Waals surface area (Å²) >= 11 is 0. The lowest BCUT2D eigenvalue weighted by Crippen LogP contribution is -2.14. The summed E-state index contributed by atoms with van der Waals surface area (Å²) in [5.74, 6) is 0. The van der Waals surface area contributed by atoms with Crippen molar-refractivity contribution < 1.29 is 18.1 Å². The lowest BCUT2D eigenvalue weighted by Gasteiger charge is -1.94. The molecule has 1 atom stereocenters. The van der Waals surface area contributed by atoms with E-state index in [0.29, 0.717) is 0 Å². The second-order valence-corrected chi connectivity index (χ2v) is 2.83. The number of rotatable bonds is 1. The molecule has 0 aromatic carbocycles. The topological polar surface area (TPSA) is 74.6 Å². The Morgan fingerprint density at radius 2 is 1.71 bits per heavy atom. The molecule has 0 rings (SSSR count). The summed E-state index contributed by atoms with van der Waals surface area (Å²) in [6.45, 7) is 0.968. The van der Waals surface area contributed by atoms with Crippen molar-refractivity contribution in [2.75, 3.05) is 0 Å². The summed E-state index contributed by atoms with van der Waals surface area (Å²) in [5.41, 5.74) is -1.67. The van der Waals surface area contributed by atoms with Gasteiger partial charge in [0.15, 0.2) is 5.44 Å². The standard InChI is InChI=1S/C2H6O4S/c1-2(3)7(4,5)6/h2-3H,1H3,(H,4,5,6)/t2-/m0/s1. The lowest BCUT2D eigenvalue weighted by atomic mass is 10.9. The van der Waals surface area contributed by atoms with E-state index >= 15 is 0 Å². The minimum absolute atomic E-state index is 0.968. The van der Waals surface area contributed by atoms with Crippen molar-refractivity contribution >= 4 is 10.1 Å². The fourth-order valence-corrected chi connectivity index (χ4v) is 0. The van der Waals surface area contributed by atoms with Gasteiger partial charge in [0.25, 0.3) is 10.1 Å². The molecule has 0 aromatic rings. The van der Waals surface area contributed by atoms with Gasteiger partial charge in [0.05, 0.1) is 0 Å². The van der Waals surface area contributed by atoms with Gasteiger partial charge in [-0.2, -0.15) is 8.42 Å². The van der Waals surface area contributed by atoms with Crippen molar-refractivity contribution in [3.63, 3.8) is 0 Å². The highest BCUT2D eigenvalue weighted by Gasteiger charge is 2.10. The predicted octanol–water partition coefficient (Wildman–Crippen LogP) is -0.788. The van der Waals surface area contributed by atoms with Crippen molar-refractivity contribution in [3.8, 4) is 0 Å². The Morgan fingerprint density at radius 3 is 1.71 bits per heavy atom. The van der Waals surface area contributed by atoms with Gasteiger partial charge < -0.3 is 5.11 Å². The minimum Gasteiger partial charge on any atom is -0.375 e. The van der Waals surface area contributed by atoms with E-state index in [1.807, 2.05) is 0 Å². The van der Waals surface area contributed by atoms with Crippen molar-refractivity contribution in [2.24, 2.45) is 0 Å². The predicted molar refractivity (Wildman–Crippen MR) is 23.2 cm³/mol. The van der Waals surface area contributed by atoms with Crippen molar-refractivity contribution in [1.29, 1.82) is 0 Å². The van der Waals surface area contributed by atoms with E-state index in [2.05, 4.69) is 0 Å². The molecule has 2 N–H and O–H groups in total. The average molecular weight is 126 g/mol. The van der Waals surface area contributed by atoms with Crippen LogP contribution in [0.3, 0.4) is 0 Å². The zero-order valence-electron chi connectivity index (χ0n) is 3.70. The Bertz CT molecular complexity index is 132. The molecule has 0 saturated carbocycles. The van der Waals surface area contributed by atoms with Crippen LogP contribution in [-0.4, -0.2) is 23.5 Å². The number of aliphatic hydroxyl groups is 1. The fourth-order valence-electron chi connectivity index (χ4n) is 0. The molecule has 4 nitrogen and oxygen atoms in total. The molecular formula is C2H6O4S. The summed E-state index contributed by atoms with van der Waals surface area (Å²) < 4.78 is 27.1. The fraction of sp³-hybridized carbons (Fsp3) is 1.00. The molecule has 7 heavy (non-hydrogen) atoms. The van der Waals surface area contributed by atoms with Crippen LogP contribution in [0.15, 0.2) is 0 Å². The van der Waals surface area contributed by atoms with Crippen LogP contribution in [0.5, 0.6) is 0 Å². The van der Waals surface area contributed by atoms with Crippen molar-refractivity contribution in [1.82, 2.24) is 0 Å². The Hall–Kier alpha value is -0.130. The third-order valence-corrected chi connectivity index (χ3v) is 1.29. The molecule has 0 aliphatic rings. The van der Waals surface area contributed by atoms with E-state index in [9.17, 15) is 8.42 Å². The highest BCUT2D eigenvalue weighted by molar-refractivity contribution is 7.86. The molecule has 0 heterocycles. The Kier molecular flexibility index (Phi) is 1.74. The molecule has 0 aliphatic heterocycles. The van der Waals surface area contributed by atoms with Crippen LogP contribution in [0.4, 0.5) is 0 Å². The van der Waals surface area contributed by atoms with Gasteiger partial charge in [0.1, 0.15) is 0 Å². The van der Waals surface area contributed by atoms with E-state index in [0.717, 1.165) is 6.92 Å². The summed E-state index contributed by atoms with van der Waals surface area (Å²) in [6, 6.07) is 0. The molecule has 0 spiro atoms. The first-order chi connectivity index (χ1) is 2.94. The quantitative estimate of drug-likeness (QED) is 0.451. The Labute approximate surface area is 41.5 Å². The summed E-state index contributed by atoms with van der Waals surface area (Å²) in [4.78, 5) is 0. The van der Waals surface area contributed by atoms with E-state index < -0.39 is 15.6 Å². The number of hydrogen-bond donors (Lipinski definition) is 2. The van der Waals surface area contributed by atoms with Crippen LogP contribution in [0.2, 0.25) is 0 Å². The second-order valence-electron chi connectivity index (χ2n) is 1.11. The van der Waals surface area contributed by atoms with E-state index in [-0.39, 0.29) is 0 Å². The maximum atomic E-state index is 9.64. The van der Waals surface area contributed by atoms with Crippen LogP contribution in [0.25, 0.3) is 0 Å². The average Bonchev–Trinajstić information content (AvgIpc) is 1.31. The minimum atomic E-state index is -4.19. The molecular weight excluding hydrogens is 120 g/mol. The highest BCUT2D eigenvalue weighted by atomic mass is 32.2. The van der Waals surface area contributed by atoms with Crippen molar-refractivity contribution in [2.45, 2.75) is 12.4 Å². The smallest absolute Gasteiger partial charge is 0.291 e. The van der Waals surface area contributed by atoms with Crippen LogP contribution < -0.4 is 0 Å². The maximum Gasteiger partial charge on any atom is 0.291 e. The largest absolute Gasteiger partial charge is 0.375 e. The zero-order chi connectivity index (χ0) is 6.08. The van der Waals surface area contributed by atoms with Crippen molar-refractivity contribution in [3.05, 3.63) is 0 Å². The summed E-state index contributed by atoms with van der Waals surface area (Å²) in [5, 5.41) is 8.05. The number of aliphatic hydroxyl groups excluding tert-OH is 1. The van der Waals surface area contributed by atoms with Gasteiger partial charge in [-0.05, 0) is 6.92 Å². The highest BCUT2D eigenvalue weighted by Crippen LogP contribution is 1.88. The molecule has 0 fully saturated rings. The van der Waals surface area contributed by atoms with E-state index in [1.54, 1.807) is 0 Å². The maximum absolute atomic E-state index is 9.64. The molecule has 0 aliphatic carbocycles. The molecule has 0 radical (unpaired) electrons. The van der Waals surface area contributed by atoms with Crippen LogP contribution in [0.1, 0.15) is 6.92 Å². The normalized spacial score (nSPS) is 16.4. The first-order valence-electron chi connectivity index (χ1n) is 1.59. The Balaban J connectivity index is 4.10. The van der Waals surface area contributed by atoms with Crippen LogP contribution in [-0.2, 0) is 10.1 Å². The molecule has 0 saturated heterocycles. The Morgan fingerprint density at radius 1 is 1.57 bits per heavy atom. The van der Waals surface area contributed by atoms with Crippen LogP contribution in [0, 0.1) is 0 Å². The molecule has 0 bridgehead atoms. The van der Waals surface area contributed by atoms with Gasteiger partial charge in [0.2, 0.25) is 0 Å². The summed E-state index contributed by atoms with van der Waals surface area (Å²) in [6.07, 6.45) is 0. The monoisotopic (exact) mass is 126 g/mol. The van der Waals surface area contributed by atoms with Gasteiger partial charge in [0, 0.05) is 0 Å². The summed E-state index contributed by atoms with van der Waals surface area (Å²) in [7, 11) is -4.19. The van der Waals surface area contributed by atoms with Gasteiger partial charge in [-0.1, -0.05) is 0 Å². The van der Waals surface area contributed by atoms with E-state index in [4.69, 9.17) is 9.66 Å².